The first-order valence-corrected chi connectivity index (χ1v) is 10.8. The number of anilines is 1. The van der Waals surface area contributed by atoms with Crippen molar-refractivity contribution < 1.29 is 19.1 Å². The number of hydrogen-bond acceptors (Lipinski definition) is 7. The molecule has 0 spiro atoms. The molecule has 0 aliphatic carbocycles. The van der Waals surface area contributed by atoms with Crippen LogP contribution in [0, 0.1) is 0 Å². The maximum Gasteiger partial charge on any atom is 0.244 e. The lowest BCUT2D eigenvalue weighted by Gasteiger charge is -2.16. The van der Waals surface area contributed by atoms with Crippen molar-refractivity contribution >= 4 is 40.9 Å². The summed E-state index contributed by atoms with van der Waals surface area (Å²) in [6.45, 7) is -0.104. The lowest BCUT2D eigenvalue weighted by Crippen LogP contribution is -2.36. The number of halogens is 1. The van der Waals surface area contributed by atoms with Crippen LogP contribution in [0.15, 0.2) is 47.6 Å². The van der Waals surface area contributed by atoms with E-state index in [1.807, 2.05) is 6.07 Å². The predicted molar refractivity (Wildman–Crippen MR) is 123 cm³/mol. The van der Waals surface area contributed by atoms with Crippen molar-refractivity contribution in [3.63, 3.8) is 0 Å². The van der Waals surface area contributed by atoms with E-state index in [2.05, 4.69) is 20.5 Å². The highest BCUT2D eigenvalue weighted by Gasteiger charge is 2.17. The van der Waals surface area contributed by atoms with Gasteiger partial charge < -0.3 is 19.7 Å². The second kappa shape index (κ2) is 10.9. The van der Waals surface area contributed by atoms with Crippen LogP contribution >= 0.6 is 23.4 Å². The number of aromatic amines is 1. The van der Waals surface area contributed by atoms with Gasteiger partial charge in [0.2, 0.25) is 17.0 Å². The summed E-state index contributed by atoms with van der Waals surface area (Å²) in [7, 11) is 4.69. The van der Waals surface area contributed by atoms with Gasteiger partial charge in [-0.1, -0.05) is 35.5 Å². The molecule has 9 nitrogen and oxygen atoms in total. The number of rotatable bonds is 9. The molecular formula is C21H22ClN5O4S. The first-order chi connectivity index (χ1) is 15.4. The third-order valence-corrected chi connectivity index (χ3v) is 5.57. The minimum atomic E-state index is -0.342. The van der Waals surface area contributed by atoms with Gasteiger partial charge in [-0.3, -0.25) is 14.7 Å². The van der Waals surface area contributed by atoms with Crippen LogP contribution in [0.25, 0.3) is 11.4 Å². The van der Waals surface area contributed by atoms with Gasteiger partial charge in [0, 0.05) is 13.1 Å². The topological polar surface area (TPSA) is 109 Å². The van der Waals surface area contributed by atoms with E-state index in [-0.39, 0.29) is 24.1 Å². The van der Waals surface area contributed by atoms with E-state index in [9.17, 15) is 9.59 Å². The molecule has 0 fully saturated rings. The summed E-state index contributed by atoms with van der Waals surface area (Å²) < 4.78 is 10.6. The molecule has 2 N–H and O–H groups in total. The largest absolute Gasteiger partial charge is 0.497 e. The van der Waals surface area contributed by atoms with Gasteiger partial charge in [0.15, 0.2) is 5.82 Å². The number of carbonyl (C=O) groups excluding carboxylic acids is 2. The number of nitrogens with one attached hydrogen (secondary N) is 2. The SMILES string of the molecule is COc1ccc(-c2nc(SCC(=O)N(C)CC(=O)Nc3ccccc3Cl)n[nH]2)c(OC)c1. The second-order valence-electron chi connectivity index (χ2n) is 6.60. The van der Waals surface area contributed by atoms with E-state index in [0.717, 1.165) is 11.8 Å². The molecule has 0 bridgehead atoms. The number of likely N-dealkylation sites (N-methyl/N-ethyl adjacent to an activating group) is 1. The van der Waals surface area contributed by atoms with Crippen LogP contribution in [0.2, 0.25) is 5.02 Å². The minimum absolute atomic E-state index is 0.0763. The molecule has 0 unspecified atom stereocenters. The number of methoxy groups -OCH3 is 2. The van der Waals surface area contributed by atoms with Crippen LogP contribution in [-0.2, 0) is 9.59 Å². The number of carbonyl (C=O) groups is 2. The first-order valence-electron chi connectivity index (χ1n) is 9.47. The Morgan fingerprint density at radius 2 is 1.97 bits per heavy atom. The zero-order chi connectivity index (χ0) is 23.1. The predicted octanol–water partition coefficient (Wildman–Crippen LogP) is 3.33. The molecule has 0 atom stereocenters. The van der Waals surface area contributed by atoms with Gasteiger partial charge >= 0.3 is 0 Å². The summed E-state index contributed by atoms with van der Waals surface area (Å²) in [5.74, 6) is 1.24. The number of benzene rings is 2. The monoisotopic (exact) mass is 475 g/mol. The maximum atomic E-state index is 12.4. The van der Waals surface area contributed by atoms with Crippen molar-refractivity contribution in [1.29, 1.82) is 0 Å². The highest BCUT2D eigenvalue weighted by Crippen LogP contribution is 2.32. The third-order valence-electron chi connectivity index (χ3n) is 4.41. The molecule has 0 saturated carbocycles. The Kier molecular flexibility index (Phi) is 7.96. The Morgan fingerprint density at radius 1 is 1.19 bits per heavy atom. The Bertz CT molecular complexity index is 1110. The summed E-state index contributed by atoms with van der Waals surface area (Å²) in [4.78, 5) is 30.4. The summed E-state index contributed by atoms with van der Waals surface area (Å²) in [5, 5.41) is 10.5. The van der Waals surface area contributed by atoms with Crippen LogP contribution in [0.5, 0.6) is 11.5 Å². The first kappa shape index (κ1) is 23.4. The number of para-hydroxylation sites is 1. The number of aromatic nitrogens is 3. The average Bonchev–Trinajstić information content (AvgIpc) is 3.27. The van der Waals surface area contributed by atoms with Crippen LogP contribution in [0.4, 0.5) is 5.69 Å². The molecule has 0 saturated heterocycles. The standard InChI is InChI=1S/C21H22ClN5O4S/c1-27(11-18(28)23-16-7-5-4-6-15(16)22)19(29)12-32-21-24-20(25-26-21)14-9-8-13(30-2)10-17(14)31-3/h4-10H,11-12H2,1-3H3,(H,23,28)(H,24,25,26). The smallest absolute Gasteiger partial charge is 0.244 e. The molecule has 3 rings (SSSR count). The zero-order valence-electron chi connectivity index (χ0n) is 17.7. The Labute approximate surface area is 194 Å². The van der Waals surface area contributed by atoms with Crippen molar-refractivity contribution in [1.82, 2.24) is 20.1 Å². The average molecular weight is 476 g/mol. The van der Waals surface area contributed by atoms with Gasteiger partial charge in [0.1, 0.15) is 11.5 Å². The van der Waals surface area contributed by atoms with E-state index in [4.69, 9.17) is 21.1 Å². The molecule has 0 aliphatic rings. The normalized spacial score (nSPS) is 10.5. The van der Waals surface area contributed by atoms with Gasteiger partial charge in [-0.15, -0.1) is 5.10 Å². The molecule has 168 valence electrons. The van der Waals surface area contributed by atoms with E-state index in [1.165, 1.54) is 4.90 Å². The van der Waals surface area contributed by atoms with E-state index < -0.39 is 0 Å². The highest BCUT2D eigenvalue weighted by atomic mass is 35.5. The number of H-pyrrole nitrogens is 1. The molecule has 0 aliphatic heterocycles. The van der Waals surface area contributed by atoms with Crippen LogP contribution in [-0.4, -0.2) is 65.5 Å². The molecule has 1 aromatic heterocycles. The molecule has 2 aromatic carbocycles. The van der Waals surface area contributed by atoms with E-state index in [0.29, 0.717) is 38.8 Å². The van der Waals surface area contributed by atoms with Gasteiger partial charge in [-0.05, 0) is 24.3 Å². The van der Waals surface area contributed by atoms with Crippen LogP contribution < -0.4 is 14.8 Å². The fraction of sp³-hybridized carbons (Fsp3) is 0.238. The van der Waals surface area contributed by atoms with Crippen LogP contribution in [0.3, 0.4) is 0 Å². The summed E-state index contributed by atoms with van der Waals surface area (Å²) in [6.07, 6.45) is 0. The van der Waals surface area contributed by atoms with Gasteiger partial charge in [-0.25, -0.2) is 4.98 Å². The minimum Gasteiger partial charge on any atom is -0.497 e. The van der Waals surface area contributed by atoms with Crippen molar-refractivity contribution in [2.45, 2.75) is 5.16 Å². The lowest BCUT2D eigenvalue weighted by molar-refractivity contribution is -0.131. The fourth-order valence-electron chi connectivity index (χ4n) is 2.72. The molecular weight excluding hydrogens is 454 g/mol. The third kappa shape index (κ3) is 5.92. The Balaban J connectivity index is 1.54. The maximum absolute atomic E-state index is 12.4. The molecule has 1 heterocycles. The van der Waals surface area contributed by atoms with E-state index >= 15 is 0 Å². The summed E-state index contributed by atoms with van der Waals surface area (Å²) in [6, 6.07) is 12.2. The van der Waals surface area contributed by atoms with Gasteiger partial charge in [0.05, 0.1) is 42.8 Å². The summed E-state index contributed by atoms with van der Waals surface area (Å²) in [5.41, 5.74) is 1.21. The molecule has 2 amide bonds. The van der Waals surface area contributed by atoms with E-state index in [1.54, 1.807) is 57.7 Å². The Morgan fingerprint density at radius 3 is 2.69 bits per heavy atom. The lowest BCUT2D eigenvalue weighted by atomic mass is 10.2. The highest BCUT2D eigenvalue weighted by molar-refractivity contribution is 7.99. The molecule has 0 radical (unpaired) electrons. The number of ether oxygens (including phenoxy) is 2. The fourth-order valence-corrected chi connectivity index (χ4v) is 3.64. The van der Waals surface area contributed by atoms with Gasteiger partial charge in [-0.2, -0.15) is 0 Å². The van der Waals surface area contributed by atoms with Crippen molar-refractivity contribution in [2.24, 2.45) is 0 Å². The number of amides is 2. The van der Waals surface area contributed by atoms with Crippen LogP contribution in [0.1, 0.15) is 0 Å². The quantitative estimate of drug-likeness (QED) is 0.457. The zero-order valence-corrected chi connectivity index (χ0v) is 19.3. The number of nitrogens with zero attached hydrogens (tertiary/aromatic N) is 3. The Hall–Kier alpha value is -3.24. The number of hydrogen-bond donors (Lipinski definition) is 2. The van der Waals surface area contributed by atoms with Gasteiger partial charge in [0.25, 0.3) is 0 Å². The number of thioether (sulfide) groups is 1. The molecule has 3 aromatic rings. The van der Waals surface area contributed by atoms with Crippen molar-refractivity contribution in [2.75, 3.05) is 38.9 Å². The van der Waals surface area contributed by atoms with Crippen molar-refractivity contribution in [3.05, 3.63) is 47.5 Å². The van der Waals surface area contributed by atoms with Crippen molar-refractivity contribution in [3.8, 4) is 22.9 Å². The molecule has 11 heteroatoms. The second-order valence-corrected chi connectivity index (χ2v) is 7.95. The summed E-state index contributed by atoms with van der Waals surface area (Å²) >= 11 is 7.20. The molecule has 32 heavy (non-hydrogen) atoms.